The predicted molar refractivity (Wildman–Crippen MR) is 76.7 cm³/mol. The number of aromatic nitrogens is 2. The fraction of sp³-hybridized carbons (Fsp3) is 0.286. The lowest BCUT2D eigenvalue weighted by atomic mass is 9.86. The van der Waals surface area contributed by atoms with Crippen LogP contribution < -0.4 is 10.5 Å². The van der Waals surface area contributed by atoms with Gasteiger partial charge in [0.25, 0.3) is 0 Å². The van der Waals surface area contributed by atoms with Gasteiger partial charge in [-0.15, -0.1) is 0 Å². The third-order valence-corrected chi connectivity index (χ3v) is 2.83. The van der Waals surface area contributed by atoms with E-state index in [1.165, 1.54) is 6.20 Å². The molecule has 0 spiro atoms. The molecule has 0 aliphatic rings. The first-order chi connectivity index (χ1) is 8.88. The van der Waals surface area contributed by atoms with Gasteiger partial charge in [-0.25, -0.2) is 4.98 Å². The van der Waals surface area contributed by atoms with Crippen LogP contribution in [0.15, 0.2) is 30.5 Å². The van der Waals surface area contributed by atoms with Crippen molar-refractivity contribution in [2.45, 2.75) is 26.2 Å². The van der Waals surface area contributed by atoms with Crippen molar-refractivity contribution in [1.29, 1.82) is 0 Å². The Morgan fingerprint density at radius 2 is 1.89 bits per heavy atom. The van der Waals surface area contributed by atoms with Crippen LogP contribution in [-0.2, 0) is 5.41 Å². The van der Waals surface area contributed by atoms with Crippen LogP contribution in [0.4, 0.5) is 5.69 Å². The van der Waals surface area contributed by atoms with E-state index in [1.54, 1.807) is 0 Å². The normalized spacial score (nSPS) is 11.4. The summed E-state index contributed by atoms with van der Waals surface area (Å²) in [6.45, 7) is 6.35. The molecule has 0 saturated heterocycles. The largest absolute Gasteiger partial charge is 0.437 e. The van der Waals surface area contributed by atoms with E-state index in [9.17, 15) is 0 Å². The molecule has 0 radical (unpaired) electrons. The standard InChI is InChI=1S/C14H16ClN3O/c1-14(2,3)9-6-4-5-7-11(9)19-12-10(16)8-17-13(15)18-12/h4-8H,16H2,1-3H3. The van der Waals surface area contributed by atoms with Crippen molar-refractivity contribution in [2.75, 3.05) is 5.73 Å². The monoisotopic (exact) mass is 277 g/mol. The highest BCUT2D eigenvalue weighted by Gasteiger charge is 2.19. The molecule has 1 aromatic carbocycles. The predicted octanol–water partition coefficient (Wildman–Crippen LogP) is 3.80. The summed E-state index contributed by atoms with van der Waals surface area (Å²) in [5.74, 6) is 0.994. The zero-order chi connectivity index (χ0) is 14.0. The zero-order valence-corrected chi connectivity index (χ0v) is 11.9. The van der Waals surface area contributed by atoms with E-state index in [-0.39, 0.29) is 16.6 Å². The van der Waals surface area contributed by atoms with Crippen molar-refractivity contribution < 1.29 is 4.74 Å². The Balaban J connectivity index is 2.41. The third-order valence-electron chi connectivity index (χ3n) is 2.65. The molecule has 4 nitrogen and oxygen atoms in total. The number of nitrogens with two attached hydrogens (primary N) is 1. The highest BCUT2D eigenvalue weighted by Crippen LogP contribution is 2.34. The molecule has 0 fully saturated rings. The number of hydrogen-bond donors (Lipinski definition) is 1. The lowest BCUT2D eigenvalue weighted by molar-refractivity contribution is 0.441. The first-order valence-corrected chi connectivity index (χ1v) is 6.31. The van der Waals surface area contributed by atoms with Crippen LogP contribution in [0.1, 0.15) is 26.3 Å². The number of para-hydroxylation sites is 1. The molecule has 2 aromatic rings. The van der Waals surface area contributed by atoms with Gasteiger partial charge in [0.05, 0.1) is 6.20 Å². The molecule has 0 atom stereocenters. The second-order valence-corrected chi connectivity index (χ2v) is 5.59. The molecule has 2 rings (SSSR count). The van der Waals surface area contributed by atoms with Crippen LogP contribution in [0.3, 0.4) is 0 Å². The second kappa shape index (κ2) is 5.05. The minimum Gasteiger partial charge on any atom is -0.437 e. The molecule has 0 aliphatic carbocycles. The summed E-state index contributed by atoms with van der Waals surface area (Å²) in [4.78, 5) is 7.80. The van der Waals surface area contributed by atoms with Gasteiger partial charge in [0.1, 0.15) is 11.4 Å². The number of nitrogens with zero attached hydrogens (tertiary/aromatic N) is 2. The molecule has 5 heteroatoms. The van der Waals surface area contributed by atoms with E-state index in [0.29, 0.717) is 5.69 Å². The summed E-state index contributed by atoms with van der Waals surface area (Å²) in [5.41, 5.74) is 7.18. The maximum atomic E-state index is 5.79. The van der Waals surface area contributed by atoms with Crippen LogP contribution >= 0.6 is 11.6 Å². The van der Waals surface area contributed by atoms with Gasteiger partial charge in [0.15, 0.2) is 0 Å². The average molecular weight is 278 g/mol. The van der Waals surface area contributed by atoms with Gasteiger partial charge in [-0.1, -0.05) is 39.0 Å². The fourth-order valence-electron chi connectivity index (χ4n) is 1.72. The van der Waals surface area contributed by atoms with Crippen molar-refractivity contribution in [3.05, 3.63) is 41.3 Å². The SMILES string of the molecule is CC(C)(C)c1ccccc1Oc1nc(Cl)ncc1N. The molecule has 0 saturated carbocycles. The minimum atomic E-state index is -0.0395. The molecule has 0 unspecified atom stereocenters. The molecular formula is C14H16ClN3O. The maximum Gasteiger partial charge on any atom is 0.247 e. The van der Waals surface area contributed by atoms with Crippen LogP contribution in [0.25, 0.3) is 0 Å². The first kappa shape index (κ1) is 13.6. The third kappa shape index (κ3) is 3.15. The smallest absolute Gasteiger partial charge is 0.247 e. The first-order valence-electron chi connectivity index (χ1n) is 5.93. The Hall–Kier alpha value is -1.81. The summed E-state index contributed by atoms with van der Waals surface area (Å²) in [6, 6.07) is 7.79. The van der Waals surface area contributed by atoms with Gasteiger partial charge in [0.2, 0.25) is 11.2 Å². The van der Waals surface area contributed by atoms with E-state index in [1.807, 2.05) is 24.3 Å². The summed E-state index contributed by atoms with van der Waals surface area (Å²) >= 11 is 5.75. The Bertz CT molecular complexity index is 593. The topological polar surface area (TPSA) is 61.0 Å². The van der Waals surface area contributed by atoms with Gasteiger partial charge in [-0.2, -0.15) is 4.98 Å². The molecule has 19 heavy (non-hydrogen) atoms. The number of anilines is 1. The van der Waals surface area contributed by atoms with Crippen molar-refractivity contribution in [2.24, 2.45) is 0 Å². The number of rotatable bonds is 2. The fourth-order valence-corrected chi connectivity index (χ4v) is 1.84. The van der Waals surface area contributed by atoms with E-state index >= 15 is 0 Å². The van der Waals surface area contributed by atoms with Crippen molar-refractivity contribution in [3.8, 4) is 11.6 Å². The number of benzene rings is 1. The summed E-state index contributed by atoms with van der Waals surface area (Å²) in [6.07, 6.45) is 1.43. The molecule has 100 valence electrons. The number of ether oxygens (including phenoxy) is 1. The van der Waals surface area contributed by atoms with E-state index in [4.69, 9.17) is 22.1 Å². The van der Waals surface area contributed by atoms with E-state index < -0.39 is 0 Å². The Kier molecular flexibility index (Phi) is 3.62. The average Bonchev–Trinajstić information content (AvgIpc) is 2.33. The summed E-state index contributed by atoms with van der Waals surface area (Å²) in [5, 5.41) is 0.109. The summed E-state index contributed by atoms with van der Waals surface area (Å²) in [7, 11) is 0. The molecule has 0 bridgehead atoms. The van der Waals surface area contributed by atoms with Crippen molar-refractivity contribution >= 4 is 17.3 Å². The van der Waals surface area contributed by atoms with E-state index in [0.717, 1.165) is 11.3 Å². The van der Waals surface area contributed by atoms with Gasteiger partial charge in [-0.05, 0) is 23.1 Å². The van der Waals surface area contributed by atoms with Crippen LogP contribution in [0.2, 0.25) is 5.28 Å². The molecule has 2 N–H and O–H groups in total. The van der Waals surface area contributed by atoms with Gasteiger partial charge < -0.3 is 10.5 Å². The molecule has 1 aromatic heterocycles. The number of hydrogen-bond acceptors (Lipinski definition) is 4. The number of nitrogen functional groups attached to an aromatic ring is 1. The molecule has 0 aliphatic heterocycles. The van der Waals surface area contributed by atoms with Crippen molar-refractivity contribution in [3.63, 3.8) is 0 Å². The molecule has 0 amide bonds. The van der Waals surface area contributed by atoms with E-state index in [2.05, 4.69) is 30.7 Å². The van der Waals surface area contributed by atoms with Gasteiger partial charge in [-0.3, -0.25) is 0 Å². The maximum absolute atomic E-state index is 5.79. The Labute approximate surface area is 117 Å². The second-order valence-electron chi connectivity index (χ2n) is 5.25. The van der Waals surface area contributed by atoms with Crippen molar-refractivity contribution in [1.82, 2.24) is 9.97 Å². The lowest BCUT2D eigenvalue weighted by Gasteiger charge is -2.22. The van der Waals surface area contributed by atoms with Gasteiger partial charge >= 0.3 is 0 Å². The Morgan fingerprint density at radius 1 is 1.21 bits per heavy atom. The number of halogens is 1. The minimum absolute atomic E-state index is 0.0395. The quantitative estimate of drug-likeness (QED) is 0.848. The van der Waals surface area contributed by atoms with Crippen LogP contribution in [0, 0.1) is 0 Å². The highest BCUT2D eigenvalue weighted by atomic mass is 35.5. The van der Waals surface area contributed by atoms with Crippen LogP contribution in [-0.4, -0.2) is 9.97 Å². The zero-order valence-electron chi connectivity index (χ0n) is 11.1. The highest BCUT2D eigenvalue weighted by molar-refractivity contribution is 6.28. The summed E-state index contributed by atoms with van der Waals surface area (Å²) < 4.78 is 5.79. The van der Waals surface area contributed by atoms with Crippen LogP contribution in [0.5, 0.6) is 11.6 Å². The lowest BCUT2D eigenvalue weighted by Crippen LogP contribution is -2.12. The molecule has 1 heterocycles. The van der Waals surface area contributed by atoms with Gasteiger partial charge in [0, 0.05) is 5.56 Å². The molecular weight excluding hydrogens is 262 g/mol. The Morgan fingerprint density at radius 3 is 2.58 bits per heavy atom.